The zero-order valence-electron chi connectivity index (χ0n) is 21.2. The lowest BCUT2D eigenvalue weighted by atomic mass is 10.3. The number of rotatable bonds is 12. The van der Waals surface area contributed by atoms with Gasteiger partial charge in [0.2, 0.25) is 16.6 Å². The van der Waals surface area contributed by atoms with Crippen LogP contribution in [-0.2, 0) is 8.85 Å². The molecule has 0 aromatic heterocycles. The first-order valence-electron chi connectivity index (χ1n) is 12.3. The molecule has 0 aliphatic carbocycles. The predicted molar refractivity (Wildman–Crippen MR) is 146 cm³/mol. The van der Waals surface area contributed by atoms with Gasteiger partial charge in [0, 0.05) is 13.2 Å². The van der Waals surface area contributed by atoms with Crippen LogP contribution in [-0.4, -0.2) is 37.9 Å². The molecule has 0 fully saturated rings. The van der Waals surface area contributed by atoms with Crippen LogP contribution in [0.2, 0.25) is 37.3 Å². The normalized spacial score (nSPS) is 12.9. The third-order valence-corrected chi connectivity index (χ3v) is 20.0. The monoisotopic (exact) mass is 472 g/mol. The van der Waals surface area contributed by atoms with Crippen molar-refractivity contribution in [2.24, 2.45) is 0 Å². The van der Waals surface area contributed by atoms with Crippen LogP contribution in [0, 0.1) is 0 Å². The highest BCUT2D eigenvalue weighted by Gasteiger charge is 2.35. The van der Waals surface area contributed by atoms with E-state index in [-0.39, 0.29) is 0 Å². The standard InChI is InChI=1S/C26H44O2Si3/c1-9-27-30(11-3,12-4)25-19-15-23(16-20-25)29(7,8)24-17-21-26(22-18-24)31(13-5,14-6)28-10-2/h15-22H,9-14H2,1-8H3. The van der Waals surface area contributed by atoms with Crippen LogP contribution in [0.4, 0.5) is 0 Å². The second kappa shape index (κ2) is 11.2. The minimum Gasteiger partial charge on any atom is -0.413 e. The van der Waals surface area contributed by atoms with Crippen molar-refractivity contribution in [3.8, 4) is 0 Å². The van der Waals surface area contributed by atoms with Gasteiger partial charge in [0.15, 0.2) is 0 Å². The van der Waals surface area contributed by atoms with E-state index in [1.165, 1.54) is 20.7 Å². The van der Waals surface area contributed by atoms with E-state index in [2.05, 4.69) is 103 Å². The maximum atomic E-state index is 6.35. The molecule has 0 unspecified atom stereocenters. The molecule has 5 heteroatoms. The summed E-state index contributed by atoms with van der Waals surface area (Å²) in [4.78, 5) is 0. The molecule has 0 spiro atoms. The molecule has 2 aromatic rings. The lowest BCUT2D eigenvalue weighted by Gasteiger charge is -2.31. The summed E-state index contributed by atoms with van der Waals surface area (Å²) in [6.45, 7) is 20.0. The van der Waals surface area contributed by atoms with Gasteiger partial charge in [-0.05, 0) is 48.4 Å². The van der Waals surface area contributed by atoms with E-state index < -0.39 is 24.7 Å². The Morgan fingerprint density at radius 1 is 0.484 bits per heavy atom. The third-order valence-electron chi connectivity index (χ3n) is 7.39. The number of hydrogen-bond acceptors (Lipinski definition) is 2. The summed E-state index contributed by atoms with van der Waals surface area (Å²) in [6, 6.07) is 23.6. The highest BCUT2D eigenvalue weighted by Crippen LogP contribution is 2.18. The summed E-state index contributed by atoms with van der Waals surface area (Å²) >= 11 is 0. The minimum atomic E-state index is -1.82. The van der Waals surface area contributed by atoms with Gasteiger partial charge in [-0.3, -0.25) is 0 Å². The van der Waals surface area contributed by atoms with Crippen molar-refractivity contribution < 1.29 is 8.85 Å². The van der Waals surface area contributed by atoms with Crippen molar-refractivity contribution in [2.45, 2.75) is 78.8 Å². The van der Waals surface area contributed by atoms with Crippen molar-refractivity contribution in [3.05, 3.63) is 48.5 Å². The molecule has 2 aromatic carbocycles. The lowest BCUT2D eigenvalue weighted by Crippen LogP contribution is -2.55. The Morgan fingerprint density at radius 2 is 0.742 bits per heavy atom. The van der Waals surface area contributed by atoms with E-state index in [9.17, 15) is 0 Å². The first-order chi connectivity index (χ1) is 14.8. The average Bonchev–Trinajstić information content (AvgIpc) is 2.81. The molecular formula is C26H44O2Si3. The van der Waals surface area contributed by atoms with E-state index in [1.54, 1.807) is 0 Å². The molecule has 0 amide bonds. The van der Waals surface area contributed by atoms with Gasteiger partial charge in [0.1, 0.15) is 8.07 Å². The Bertz CT molecular complexity index is 725. The molecule has 2 rings (SSSR count). The predicted octanol–water partition coefficient (Wildman–Crippen LogP) is 4.97. The Labute approximate surface area is 194 Å². The molecule has 0 N–H and O–H groups in total. The van der Waals surface area contributed by atoms with Gasteiger partial charge in [-0.2, -0.15) is 0 Å². The molecule has 0 saturated carbocycles. The van der Waals surface area contributed by atoms with Crippen molar-refractivity contribution in [3.63, 3.8) is 0 Å². The second-order valence-electron chi connectivity index (χ2n) is 9.05. The van der Waals surface area contributed by atoms with Crippen LogP contribution >= 0.6 is 0 Å². The lowest BCUT2D eigenvalue weighted by molar-refractivity contribution is 0.330. The molecule has 0 aliphatic rings. The molecule has 0 saturated heterocycles. The molecule has 0 aliphatic heterocycles. The molecule has 0 bridgehead atoms. The fourth-order valence-electron chi connectivity index (χ4n) is 4.99. The molecule has 0 atom stereocenters. The first-order valence-corrected chi connectivity index (χ1v) is 19.9. The Balaban J connectivity index is 2.35. The largest absolute Gasteiger partial charge is 0.413 e. The van der Waals surface area contributed by atoms with Crippen LogP contribution in [0.15, 0.2) is 48.5 Å². The van der Waals surface area contributed by atoms with E-state index >= 15 is 0 Å². The zero-order valence-corrected chi connectivity index (χ0v) is 24.2. The van der Waals surface area contributed by atoms with E-state index in [1.807, 2.05) is 0 Å². The van der Waals surface area contributed by atoms with Gasteiger partial charge < -0.3 is 8.85 Å². The minimum absolute atomic E-state index is 0.810. The van der Waals surface area contributed by atoms with Crippen LogP contribution in [0.3, 0.4) is 0 Å². The summed E-state index contributed by atoms with van der Waals surface area (Å²) in [7, 11) is -5.39. The highest BCUT2D eigenvalue weighted by molar-refractivity contribution is 7.00. The Hall–Kier alpha value is -0.989. The second-order valence-corrected chi connectivity index (χ2v) is 22.0. The third kappa shape index (κ3) is 5.33. The van der Waals surface area contributed by atoms with Crippen molar-refractivity contribution in [2.75, 3.05) is 13.2 Å². The molecule has 172 valence electrons. The van der Waals surface area contributed by atoms with Crippen molar-refractivity contribution >= 4 is 45.5 Å². The number of hydrogen-bond donors (Lipinski definition) is 0. The SMILES string of the molecule is CCO[Si](CC)(CC)c1ccc([Si](C)(C)c2ccc([Si](CC)(CC)OCC)cc2)cc1. The molecular weight excluding hydrogens is 429 g/mol. The molecule has 0 radical (unpaired) electrons. The van der Waals surface area contributed by atoms with Gasteiger partial charge in [-0.15, -0.1) is 0 Å². The van der Waals surface area contributed by atoms with Gasteiger partial charge in [0.25, 0.3) is 0 Å². The molecule has 31 heavy (non-hydrogen) atoms. The van der Waals surface area contributed by atoms with Gasteiger partial charge in [0.05, 0.1) is 0 Å². The average molecular weight is 473 g/mol. The van der Waals surface area contributed by atoms with Crippen LogP contribution in [0.1, 0.15) is 41.5 Å². The van der Waals surface area contributed by atoms with Crippen LogP contribution in [0.5, 0.6) is 0 Å². The topological polar surface area (TPSA) is 18.5 Å². The Kier molecular flexibility index (Phi) is 9.52. The fourth-order valence-corrected chi connectivity index (χ4v) is 13.8. The highest BCUT2D eigenvalue weighted by atomic mass is 28.4. The summed E-state index contributed by atoms with van der Waals surface area (Å²) in [5.41, 5.74) is 0. The van der Waals surface area contributed by atoms with Crippen molar-refractivity contribution in [1.29, 1.82) is 0 Å². The smallest absolute Gasteiger partial charge is 0.223 e. The zero-order chi connectivity index (χ0) is 23.1. The molecule has 0 heterocycles. The van der Waals surface area contributed by atoms with Gasteiger partial charge in [-0.1, -0.05) is 99.7 Å². The van der Waals surface area contributed by atoms with Gasteiger partial charge in [-0.25, -0.2) is 0 Å². The Morgan fingerprint density at radius 3 is 0.968 bits per heavy atom. The molecule has 2 nitrogen and oxygen atoms in total. The van der Waals surface area contributed by atoms with E-state index in [4.69, 9.17) is 8.85 Å². The summed E-state index contributed by atoms with van der Waals surface area (Å²) < 4.78 is 12.7. The summed E-state index contributed by atoms with van der Waals surface area (Å²) in [5, 5.41) is 5.88. The quantitative estimate of drug-likeness (QED) is 0.406. The van der Waals surface area contributed by atoms with Crippen molar-refractivity contribution in [1.82, 2.24) is 0 Å². The van der Waals surface area contributed by atoms with E-state index in [0.717, 1.165) is 37.4 Å². The first kappa shape index (κ1) is 26.3. The number of benzene rings is 2. The van der Waals surface area contributed by atoms with Gasteiger partial charge >= 0.3 is 0 Å². The summed E-state index contributed by atoms with van der Waals surface area (Å²) in [5.74, 6) is 0. The van der Waals surface area contributed by atoms with Crippen LogP contribution in [0.25, 0.3) is 0 Å². The summed E-state index contributed by atoms with van der Waals surface area (Å²) in [6.07, 6.45) is 0. The van der Waals surface area contributed by atoms with E-state index in [0.29, 0.717) is 0 Å². The fraction of sp³-hybridized carbons (Fsp3) is 0.538. The van der Waals surface area contributed by atoms with Crippen LogP contribution < -0.4 is 20.7 Å². The maximum Gasteiger partial charge on any atom is 0.223 e. The maximum absolute atomic E-state index is 6.35.